The smallest absolute Gasteiger partial charge is 0.342 e. The van der Waals surface area contributed by atoms with Crippen LogP contribution in [0.4, 0.5) is 5.69 Å². The van der Waals surface area contributed by atoms with Gasteiger partial charge in [0.15, 0.2) is 9.96 Å². The molecule has 0 saturated heterocycles. The molecule has 27 heavy (non-hydrogen) atoms. The van der Waals surface area contributed by atoms with Gasteiger partial charge in [-0.15, -0.1) is 11.3 Å². The molecule has 1 N–H and O–H groups in total. The molecule has 0 spiro atoms. The maximum atomic E-state index is 12.7. The fraction of sp³-hybridized carbons (Fsp3) is 0.500. The highest BCUT2D eigenvalue weighted by atomic mass is 32.2. The zero-order valence-electron chi connectivity index (χ0n) is 15.8. The van der Waals surface area contributed by atoms with Gasteiger partial charge in [-0.3, -0.25) is 9.40 Å². The Labute approximate surface area is 162 Å². The first kappa shape index (κ1) is 21.2. The molecule has 0 fully saturated rings. The van der Waals surface area contributed by atoms with Crippen molar-refractivity contribution in [2.24, 2.45) is 0 Å². The fourth-order valence-electron chi connectivity index (χ4n) is 2.18. The Hall–Kier alpha value is -2.11. The van der Waals surface area contributed by atoms with E-state index in [2.05, 4.69) is 14.6 Å². The number of ether oxygens (including phenoxy) is 3. The van der Waals surface area contributed by atoms with Crippen molar-refractivity contribution in [2.75, 3.05) is 26.1 Å². The quantitative estimate of drug-likeness (QED) is 0.624. The van der Waals surface area contributed by atoms with E-state index in [1.54, 1.807) is 18.0 Å². The number of carbonyl (C=O) groups excluding carboxylic acids is 1. The Bertz CT molecular complexity index is 901. The Balaban J connectivity index is 2.18. The van der Waals surface area contributed by atoms with Gasteiger partial charge in [-0.25, -0.2) is 13.2 Å². The number of rotatable bonds is 9. The number of thiophene rings is 1. The lowest BCUT2D eigenvalue weighted by Gasteiger charge is -2.22. The molecule has 0 amide bonds. The minimum Gasteiger partial charge on any atom is -0.493 e. The first-order chi connectivity index (χ1) is 12.6. The standard InChI is InChI=1S/C16H23N3O6S2/c1-16(2,25-5)6-7-19-9-11(8-17-19)18-27(21,22)15-13(23-3)12(10-26-15)14(20)24-4/h8-10,18H,6-7H2,1-5H3. The molecule has 0 aliphatic carbocycles. The molecule has 2 aromatic rings. The number of carbonyl (C=O) groups is 1. The molecule has 0 saturated carbocycles. The zero-order valence-corrected chi connectivity index (χ0v) is 17.4. The number of sulfonamides is 1. The molecule has 0 aliphatic heterocycles. The molecule has 2 aromatic heterocycles. The highest BCUT2D eigenvalue weighted by molar-refractivity contribution is 7.94. The average molecular weight is 418 g/mol. The van der Waals surface area contributed by atoms with Crippen molar-refractivity contribution in [1.82, 2.24) is 9.78 Å². The van der Waals surface area contributed by atoms with E-state index in [4.69, 9.17) is 9.47 Å². The first-order valence-electron chi connectivity index (χ1n) is 7.97. The third-order valence-electron chi connectivity index (χ3n) is 3.95. The summed E-state index contributed by atoms with van der Waals surface area (Å²) in [4.78, 5) is 11.7. The van der Waals surface area contributed by atoms with Gasteiger partial charge in [0.25, 0.3) is 10.0 Å². The van der Waals surface area contributed by atoms with Crippen LogP contribution in [0.3, 0.4) is 0 Å². The van der Waals surface area contributed by atoms with E-state index < -0.39 is 16.0 Å². The van der Waals surface area contributed by atoms with E-state index >= 15 is 0 Å². The van der Waals surface area contributed by atoms with Crippen LogP contribution in [-0.2, 0) is 26.0 Å². The van der Waals surface area contributed by atoms with E-state index in [-0.39, 0.29) is 21.1 Å². The maximum absolute atomic E-state index is 12.7. The number of esters is 1. The van der Waals surface area contributed by atoms with Crippen LogP contribution in [0.25, 0.3) is 0 Å². The summed E-state index contributed by atoms with van der Waals surface area (Å²) in [7, 11) is 0.193. The van der Waals surface area contributed by atoms with Gasteiger partial charge in [-0.1, -0.05) is 0 Å². The molecule has 0 aromatic carbocycles. The van der Waals surface area contributed by atoms with E-state index in [0.717, 1.165) is 11.3 Å². The van der Waals surface area contributed by atoms with Gasteiger partial charge in [-0.2, -0.15) is 5.10 Å². The van der Waals surface area contributed by atoms with Gasteiger partial charge in [-0.05, 0) is 20.3 Å². The van der Waals surface area contributed by atoms with E-state index in [1.165, 1.54) is 25.8 Å². The lowest BCUT2D eigenvalue weighted by atomic mass is 10.1. The summed E-state index contributed by atoms with van der Waals surface area (Å²) < 4.78 is 44.5. The molecule has 150 valence electrons. The number of hydrogen-bond donors (Lipinski definition) is 1. The maximum Gasteiger partial charge on any atom is 0.342 e. The highest BCUT2D eigenvalue weighted by Crippen LogP contribution is 2.36. The van der Waals surface area contributed by atoms with Gasteiger partial charge in [0.05, 0.1) is 31.7 Å². The number of aryl methyl sites for hydroxylation is 1. The van der Waals surface area contributed by atoms with Gasteiger partial charge in [0.1, 0.15) is 5.56 Å². The monoisotopic (exact) mass is 417 g/mol. The third kappa shape index (κ3) is 4.99. The molecule has 9 nitrogen and oxygen atoms in total. The van der Waals surface area contributed by atoms with Crippen molar-refractivity contribution >= 4 is 33.0 Å². The Morgan fingerprint density at radius 3 is 2.63 bits per heavy atom. The number of anilines is 1. The minimum absolute atomic E-state index is 0.0476. The Morgan fingerprint density at radius 2 is 2.04 bits per heavy atom. The number of nitrogens with zero attached hydrogens (tertiary/aromatic N) is 2. The van der Waals surface area contributed by atoms with Gasteiger partial charge in [0.2, 0.25) is 0 Å². The first-order valence-corrected chi connectivity index (χ1v) is 10.3. The van der Waals surface area contributed by atoms with Crippen molar-refractivity contribution in [2.45, 2.75) is 36.6 Å². The van der Waals surface area contributed by atoms with E-state index in [9.17, 15) is 13.2 Å². The SMILES string of the molecule is COC(=O)c1csc(S(=O)(=O)Nc2cnn(CCC(C)(C)OC)c2)c1OC. The number of aromatic nitrogens is 2. The second-order valence-electron chi connectivity index (χ2n) is 6.27. The third-order valence-corrected chi connectivity index (χ3v) is 6.83. The van der Waals surface area contributed by atoms with Gasteiger partial charge >= 0.3 is 5.97 Å². The van der Waals surface area contributed by atoms with Crippen LogP contribution >= 0.6 is 11.3 Å². The summed E-state index contributed by atoms with van der Waals surface area (Å²) in [6.07, 6.45) is 3.71. The second kappa shape index (κ2) is 8.28. The normalized spacial score (nSPS) is 12.0. The van der Waals surface area contributed by atoms with E-state index in [1.807, 2.05) is 13.8 Å². The number of hydrogen-bond acceptors (Lipinski definition) is 8. The summed E-state index contributed by atoms with van der Waals surface area (Å²) in [5.41, 5.74) is 0.0587. The topological polar surface area (TPSA) is 109 Å². The van der Waals surface area contributed by atoms with E-state index in [0.29, 0.717) is 18.7 Å². The summed E-state index contributed by atoms with van der Waals surface area (Å²) >= 11 is 0.874. The van der Waals surface area contributed by atoms with Crippen molar-refractivity contribution < 1.29 is 27.4 Å². The molecular weight excluding hydrogens is 394 g/mol. The van der Waals surface area contributed by atoms with Crippen LogP contribution in [0.1, 0.15) is 30.6 Å². The zero-order chi connectivity index (χ0) is 20.2. The molecule has 0 atom stereocenters. The largest absolute Gasteiger partial charge is 0.493 e. The molecule has 0 aliphatic rings. The lowest BCUT2D eigenvalue weighted by molar-refractivity contribution is 0.0113. The van der Waals surface area contributed by atoms with Gasteiger partial charge in [0, 0.05) is 25.2 Å². The average Bonchev–Trinajstić information content (AvgIpc) is 3.25. The van der Waals surface area contributed by atoms with Crippen LogP contribution in [0.5, 0.6) is 5.75 Å². The minimum atomic E-state index is -3.95. The summed E-state index contributed by atoms with van der Waals surface area (Å²) in [5, 5.41) is 5.54. The Kier molecular flexibility index (Phi) is 6.50. The summed E-state index contributed by atoms with van der Waals surface area (Å²) in [6, 6.07) is 0. The second-order valence-corrected chi connectivity index (χ2v) is 9.03. The van der Waals surface area contributed by atoms with Crippen molar-refractivity contribution in [3.63, 3.8) is 0 Å². The van der Waals surface area contributed by atoms with Crippen molar-refractivity contribution in [1.29, 1.82) is 0 Å². The van der Waals surface area contributed by atoms with Crippen LogP contribution in [0.2, 0.25) is 0 Å². The molecule has 2 rings (SSSR count). The van der Waals surface area contributed by atoms with Crippen LogP contribution in [-0.4, -0.2) is 51.1 Å². The Morgan fingerprint density at radius 1 is 1.33 bits per heavy atom. The molecule has 0 unspecified atom stereocenters. The molecule has 0 bridgehead atoms. The van der Waals surface area contributed by atoms with Crippen LogP contribution < -0.4 is 9.46 Å². The summed E-state index contributed by atoms with van der Waals surface area (Å²) in [6.45, 7) is 4.49. The number of methoxy groups -OCH3 is 3. The highest BCUT2D eigenvalue weighted by Gasteiger charge is 2.28. The van der Waals surface area contributed by atoms with Crippen molar-refractivity contribution in [3.05, 3.63) is 23.3 Å². The lowest BCUT2D eigenvalue weighted by Crippen LogP contribution is -2.24. The summed E-state index contributed by atoms with van der Waals surface area (Å²) in [5.74, 6) is -0.716. The predicted molar refractivity (Wildman–Crippen MR) is 101 cm³/mol. The molecule has 11 heteroatoms. The predicted octanol–water partition coefficient (Wildman–Crippen LogP) is 2.36. The fourth-order valence-corrected chi connectivity index (χ4v) is 4.64. The molecule has 2 heterocycles. The van der Waals surface area contributed by atoms with Crippen LogP contribution in [0.15, 0.2) is 22.0 Å². The van der Waals surface area contributed by atoms with Crippen LogP contribution in [0, 0.1) is 0 Å². The molecule has 0 radical (unpaired) electrons. The van der Waals surface area contributed by atoms with Gasteiger partial charge < -0.3 is 14.2 Å². The number of nitrogens with one attached hydrogen (secondary N) is 1. The molecular formula is C16H23N3O6S2. The van der Waals surface area contributed by atoms with Crippen molar-refractivity contribution in [3.8, 4) is 5.75 Å².